The summed E-state index contributed by atoms with van der Waals surface area (Å²) in [5.41, 5.74) is 0. The molecule has 2 fully saturated rings. The fourth-order valence-electron chi connectivity index (χ4n) is 2.24. The van der Waals surface area contributed by atoms with Crippen LogP contribution in [0.15, 0.2) is 16.2 Å². The molecule has 0 saturated heterocycles. The number of rotatable bonds is 4. The lowest BCUT2D eigenvalue weighted by Gasteiger charge is -2.08. The van der Waals surface area contributed by atoms with E-state index >= 15 is 0 Å². The first-order chi connectivity index (χ1) is 10.1. The average molecular weight is 362 g/mol. The fourth-order valence-corrected chi connectivity index (χ4v) is 3.79. The van der Waals surface area contributed by atoms with E-state index < -0.39 is 0 Å². The summed E-state index contributed by atoms with van der Waals surface area (Å²) < 4.78 is 2.25. The second kappa shape index (κ2) is 5.30. The summed E-state index contributed by atoms with van der Waals surface area (Å²) in [5.74, 6) is 1.68. The van der Waals surface area contributed by atoms with Gasteiger partial charge in [-0.3, -0.25) is 0 Å². The van der Waals surface area contributed by atoms with Crippen LogP contribution in [0.5, 0.6) is 0 Å². The van der Waals surface area contributed by atoms with Gasteiger partial charge in [-0.2, -0.15) is 0 Å². The summed E-state index contributed by atoms with van der Waals surface area (Å²) in [6.45, 7) is 0. The molecule has 0 N–H and O–H groups in total. The smallest absolute Gasteiger partial charge is 0.197 e. The molecule has 4 nitrogen and oxygen atoms in total. The summed E-state index contributed by atoms with van der Waals surface area (Å²) in [6.07, 6.45) is 4.80. The molecule has 4 rings (SSSR count). The Bertz CT molecular complexity index is 710. The maximum Gasteiger partial charge on any atom is 0.197 e. The van der Waals surface area contributed by atoms with Gasteiger partial charge in [0.2, 0.25) is 0 Å². The monoisotopic (exact) mass is 360 g/mol. The van der Waals surface area contributed by atoms with Crippen LogP contribution in [0.4, 0.5) is 0 Å². The zero-order valence-electron chi connectivity index (χ0n) is 10.9. The van der Waals surface area contributed by atoms with Gasteiger partial charge in [-0.25, -0.2) is 4.98 Å². The molecule has 2 aliphatic carbocycles. The van der Waals surface area contributed by atoms with Crippen LogP contribution < -0.4 is 0 Å². The molecule has 0 radical (unpaired) electrons. The van der Waals surface area contributed by atoms with Crippen LogP contribution in [0, 0.1) is 0 Å². The quantitative estimate of drug-likeness (QED) is 0.719. The third kappa shape index (κ3) is 2.77. The van der Waals surface area contributed by atoms with E-state index in [-0.39, 0.29) is 5.15 Å². The zero-order valence-corrected chi connectivity index (χ0v) is 14.0. The van der Waals surface area contributed by atoms with E-state index in [4.69, 9.17) is 34.8 Å². The van der Waals surface area contributed by atoms with E-state index in [1.165, 1.54) is 37.4 Å². The third-order valence-corrected chi connectivity index (χ3v) is 5.63. The molecule has 2 aliphatic rings. The highest BCUT2D eigenvalue weighted by Crippen LogP contribution is 2.47. The van der Waals surface area contributed by atoms with Crippen LogP contribution in [-0.4, -0.2) is 19.7 Å². The Balaban J connectivity index is 1.70. The molecule has 2 aromatic rings. The van der Waals surface area contributed by atoms with E-state index in [0.717, 1.165) is 11.0 Å². The second-order valence-corrected chi connectivity index (χ2v) is 7.49. The minimum atomic E-state index is 0.253. The number of aromatic nitrogens is 4. The largest absolute Gasteiger partial charge is 0.302 e. The molecule has 21 heavy (non-hydrogen) atoms. The van der Waals surface area contributed by atoms with Gasteiger partial charge in [0.05, 0.1) is 10.0 Å². The van der Waals surface area contributed by atoms with Gasteiger partial charge in [0.25, 0.3) is 0 Å². The molecule has 2 heterocycles. The number of halogens is 3. The summed E-state index contributed by atoms with van der Waals surface area (Å²) in [7, 11) is 0. The fraction of sp³-hybridized carbons (Fsp3) is 0.462. The number of nitrogens with zero attached hydrogens (tertiary/aromatic N) is 4. The van der Waals surface area contributed by atoms with Crippen molar-refractivity contribution < 1.29 is 0 Å². The van der Waals surface area contributed by atoms with Gasteiger partial charge >= 0.3 is 0 Å². The number of hydrogen-bond acceptors (Lipinski definition) is 4. The van der Waals surface area contributed by atoms with E-state index in [2.05, 4.69) is 19.7 Å². The molecule has 8 heteroatoms. The number of hydrogen-bond donors (Lipinski definition) is 0. The van der Waals surface area contributed by atoms with Crippen LogP contribution in [0.2, 0.25) is 15.2 Å². The highest BCUT2D eigenvalue weighted by atomic mass is 35.5. The van der Waals surface area contributed by atoms with E-state index in [1.807, 2.05) is 0 Å². The van der Waals surface area contributed by atoms with Crippen LogP contribution >= 0.6 is 46.6 Å². The predicted octanol–water partition coefficient (Wildman–Crippen LogP) is 5.00. The van der Waals surface area contributed by atoms with Crippen molar-refractivity contribution in [3.8, 4) is 0 Å². The maximum absolute atomic E-state index is 6.20. The summed E-state index contributed by atoms with van der Waals surface area (Å²) in [5, 5.41) is 11.2. The van der Waals surface area contributed by atoms with Crippen molar-refractivity contribution in [1.29, 1.82) is 0 Å². The second-order valence-electron chi connectivity index (χ2n) is 5.37. The maximum atomic E-state index is 6.20. The Hall–Kier alpha value is -0.490. The molecule has 0 bridgehead atoms. The Labute approximate surface area is 141 Å². The van der Waals surface area contributed by atoms with Crippen molar-refractivity contribution in [2.75, 3.05) is 0 Å². The van der Waals surface area contributed by atoms with Crippen LogP contribution in [0.25, 0.3) is 0 Å². The standard InChI is InChI=1S/C13H11Cl3N4S/c14-8-5-9(15)12(17-10(8)16)21-13-19-18-11(6-1-2-6)20(13)7-3-4-7/h5-7H,1-4H2. The molecule has 2 aromatic heterocycles. The molecular formula is C13H11Cl3N4S. The molecule has 0 spiro atoms. The summed E-state index contributed by atoms with van der Waals surface area (Å²) >= 11 is 19.5. The predicted molar refractivity (Wildman–Crippen MR) is 83.7 cm³/mol. The first-order valence-electron chi connectivity index (χ1n) is 6.77. The summed E-state index contributed by atoms with van der Waals surface area (Å²) in [4.78, 5) is 4.24. The highest BCUT2D eigenvalue weighted by molar-refractivity contribution is 7.99. The third-order valence-electron chi connectivity index (χ3n) is 3.59. The van der Waals surface area contributed by atoms with Crippen molar-refractivity contribution in [3.05, 3.63) is 27.1 Å². The molecule has 0 amide bonds. The first-order valence-corrected chi connectivity index (χ1v) is 8.72. The Morgan fingerprint density at radius 3 is 2.48 bits per heavy atom. The topological polar surface area (TPSA) is 43.6 Å². The molecule has 2 saturated carbocycles. The first kappa shape index (κ1) is 14.1. The van der Waals surface area contributed by atoms with Crippen molar-refractivity contribution >= 4 is 46.6 Å². The lowest BCUT2D eigenvalue weighted by molar-refractivity contribution is 0.626. The zero-order chi connectivity index (χ0) is 14.6. The van der Waals surface area contributed by atoms with Crippen LogP contribution in [-0.2, 0) is 0 Å². The minimum Gasteiger partial charge on any atom is -0.302 e. The van der Waals surface area contributed by atoms with Gasteiger partial charge in [-0.15, -0.1) is 10.2 Å². The molecule has 0 unspecified atom stereocenters. The van der Waals surface area contributed by atoms with Crippen molar-refractivity contribution in [2.24, 2.45) is 0 Å². The molecule has 110 valence electrons. The number of pyridine rings is 1. The molecular weight excluding hydrogens is 351 g/mol. The van der Waals surface area contributed by atoms with Crippen molar-refractivity contribution in [1.82, 2.24) is 19.7 Å². The average Bonchev–Trinajstić information content (AvgIpc) is 3.35. The Kier molecular flexibility index (Phi) is 3.57. The van der Waals surface area contributed by atoms with Gasteiger partial charge in [-0.1, -0.05) is 34.8 Å². The Morgan fingerprint density at radius 2 is 1.81 bits per heavy atom. The van der Waals surface area contributed by atoms with Gasteiger partial charge in [0.15, 0.2) is 5.16 Å². The highest BCUT2D eigenvalue weighted by Gasteiger charge is 2.36. The molecule has 0 atom stereocenters. The normalized spacial score (nSPS) is 18.2. The Morgan fingerprint density at radius 1 is 1.05 bits per heavy atom. The minimum absolute atomic E-state index is 0.253. The van der Waals surface area contributed by atoms with E-state index in [9.17, 15) is 0 Å². The summed E-state index contributed by atoms with van der Waals surface area (Å²) in [6, 6.07) is 2.14. The van der Waals surface area contributed by atoms with Crippen molar-refractivity contribution in [2.45, 2.75) is 47.8 Å². The van der Waals surface area contributed by atoms with Crippen LogP contribution in [0.1, 0.15) is 43.5 Å². The lowest BCUT2D eigenvalue weighted by Crippen LogP contribution is -2.02. The lowest BCUT2D eigenvalue weighted by atomic mass is 10.4. The van der Waals surface area contributed by atoms with Crippen molar-refractivity contribution in [3.63, 3.8) is 0 Å². The van der Waals surface area contributed by atoms with Gasteiger partial charge in [-0.05, 0) is 43.5 Å². The van der Waals surface area contributed by atoms with E-state index in [1.54, 1.807) is 6.07 Å². The van der Waals surface area contributed by atoms with Crippen LogP contribution in [0.3, 0.4) is 0 Å². The van der Waals surface area contributed by atoms with Gasteiger partial charge < -0.3 is 4.57 Å². The molecule has 0 aromatic carbocycles. The van der Waals surface area contributed by atoms with E-state index in [0.29, 0.717) is 27.0 Å². The molecule has 0 aliphatic heterocycles. The van der Waals surface area contributed by atoms with Gasteiger partial charge in [0.1, 0.15) is 16.0 Å². The van der Waals surface area contributed by atoms with Gasteiger partial charge in [0, 0.05) is 12.0 Å². The SMILES string of the molecule is Clc1cc(Cl)c(Sc2nnc(C3CC3)n2C2CC2)nc1Cl.